The van der Waals surface area contributed by atoms with E-state index >= 15 is 0 Å². The largest absolute Gasteiger partial charge is 0.324 e. The highest BCUT2D eigenvalue weighted by molar-refractivity contribution is 5.94. The van der Waals surface area contributed by atoms with Crippen molar-refractivity contribution >= 4 is 11.6 Å². The first-order valence-electron chi connectivity index (χ1n) is 9.04. The lowest BCUT2D eigenvalue weighted by Crippen LogP contribution is -2.29. The Morgan fingerprint density at radius 2 is 1.83 bits per heavy atom. The third-order valence-electron chi connectivity index (χ3n) is 4.54. The average Bonchev–Trinajstić information content (AvgIpc) is 3.35. The lowest BCUT2D eigenvalue weighted by molar-refractivity contribution is -0.119. The molecule has 10 nitrogen and oxygen atoms in total. The fourth-order valence-corrected chi connectivity index (χ4v) is 3.09. The van der Waals surface area contributed by atoms with E-state index in [0.29, 0.717) is 23.8 Å². The van der Waals surface area contributed by atoms with Gasteiger partial charge < -0.3 is 5.32 Å². The quantitative estimate of drug-likeness (QED) is 0.532. The van der Waals surface area contributed by atoms with Gasteiger partial charge in [-0.15, -0.1) is 10.2 Å². The van der Waals surface area contributed by atoms with Gasteiger partial charge in [0.1, 0.15) is 11.9 Å². The van der Waals surface area contributed by atoms with Crippen molar-refractivity contribution in [1.82, 2.24) is 40.4 Å². The molecule has 0 saturated heterocycles. The van der Waals surface area contributed by atoms with Crippen molar-refractivity contribution in [1.29, 1.82) is 0 Å². The number of hydrogen-bond donors (Lipinski definition) is 1. The van der Waals surface area contributed by atoms with Gasteiger partial charge in [-0.3, -0.25) is 4.79 Å². The zero-order chi connectivity index (χ0) is 20.2. The zero-order valence-electron chi connectivity index (χ0n) is 16.0. The van der Waals surface area contributed by atoms with Gasteiger partial charge in [-0.05, 0) is 45.5 Å². The van der Waals surface area contributed by atoms with Crippen molar-refractivity contribution in [3.05, 3.63) is 66.0 Å². The molecule has 0 fully saturated rings. The second-order valence-electron chi connectivity index (χ2n) is 6.57. The van der Waals surface area contributed by atoms with Crippen molar-refractivity contribution in [2.45, 2.75) is 19.4 Å². The summed E-state index contributed by atoms with van der Waals surface area (Å²) in [7, 11) is 1.76. The molecule has 10 heteroatoms. The summed E-state index contributed by atoms with van der Waals surface area (Å²) in [6, 6.07) is 16.5. The first-order chi connectivity index (χ1) is 14.1. The highest BCUT2D eigenvalue weighted by atomic mass is 16.2. The van der Waals surface area contributed by atoms with Crippen LogP contribution in [0.3, 0.4) is 0 Å². The molecule has 0 radical (unpaired) electrons. The van der Waals surface area contributed by atoms with Crippen LogP contribution in [0.2, 0.25) is 0 Å². The molecule has 146 valence electrons. The number of anilines is 1. The molecule has 0 aliphatic rings. The second kappa shape index (κ2) is 7.97. The van der Waals surface area contributed by atoms with Crippen LogP contribution in [0.4, 0.5) is 5.69 Å². The molecule has 1 unspecified atom stereocenters. The lowest BCUT2D eigenvalue weighted by Gasteiger charge is -2.18. The Kier molecular flexibility index (Phi) is 5.06. The van der Waals surface area contributed by atoms with Crippen molar-refractivity contribution in [3.63, 3.8) is 0 Å². The smallest absolute Gasteiger partial charge is 0.249 e. The summed E-state index contributed by atoms with van der Waals surface area (Å²) in [6.45, 7) is 1.77. The summed E-state index contributed by atoms with van der Waals surface area (Å²) in [5.41, 5.74) is 2.45. The predicted molar refractivity (Wildman–Crippen MR) is 105 cm³/mol. The van der Waals surface area contributed by atoms with Gasteiger partial charge >= 0.3 is 0 Å². The number of benzene rings is 2. The van der Waals surface area contributed by atoms with Gasteiger partial charge in [0, 0.05) is 24.7 Å². The summed E-state index contributed by atoms with van der Waals surface area (Å²) in [5, 5.41) is 26.1. The summed E-state index contributed by atoms with van der Waals surface area (Å²) in [6.07, 6.45) is 0.464. The Labute approximate surface area is 166 Å². The maximum Gasteiger partial charge on any atom is 0.249 e. The molecular formula is C19H19N9O. The number of aryl methyl sites for hydroxylation is 2. The van der Waals surface area contributed by atoms with Gasteiger partial charge in [0.05, 0.1) is 0 Å². The van der Waals surface area contributed by atoms with Crippen LogP contribution in [0.15, 0.2) is 54.6 Å². The van der Waals surface area contributed by atoms with E-state index in [-0.39, 0.29) is 5.91 Å². The third-order valence-corrected chi connectivity index (χ3v) is 4.54. The van der Waals surface area contributed by atoms with E-state index in [1.54, 1.807) is 23.3 Å². The minimum atomic E-state index is -0.590. The number of rotatable bonds is 6. The maximum atomic E-state index is 13.2. The molecule has 4 rings (SSSR count). The van der Waals surface area contributed by atoms with Gasteiger partial charge in [0.15, 0.2) is 5.82 Å². The van der Waals surface area contributed by atoms with E-state index < -0.39 is 6.04 Å². The average molecular weight is 389 g/mol. The predicted octanol–water partition coefficient (Wildman–Crippen LogP) is 1.59. The lowest BCUT2D eigenvalue weighted by atomic mass is 10.0. The topological polar surface area (TPSA) is 116 Å². The Morgan fingerprint density at radius 3 is 2.52 bits per heavy atom. The molecule has 0 saturated carbocycles. The molecule has 0 aliphatic heterocycles. The molecule has 0 spiro atoms. The fourth-order valence-electron chi connectivity index (χ4n) is 3.09. The SMILES string of the molecule is Cc1nnnn1C(Cc1ccccc1)C(=O)Nc1cccc(-c2nnnn2C)c1. The van der Waals surface area contributed by atoms with Gasteiger partial charge in [-0.25, -0.2) is 9.36 Å². The Hall–Kier alpha value is -3.95. The molecule has 1 atom stereocenters. The van der Waals surface area contributed by atoms with E-state index in [4.69, 9.17) is 0 Å². The van der Waals surface area contributed by atoms with Crippen LogP contribution in [0, 0.1) is 6.92 Å². The van der Waals surface area contributed by atoms with Crippen LogP contribution < -0.4 is 5.32 Å². The molecule has 2 aromatic carbocycles. The van der Waals surface area contributed by atoms with Crippen molar-refractivity contribution in [3.8, 4) is 11.4 Å². The Morgan fingerprint density at radius 1 is 1.03 bits per heavy atom. The summed E-state index contributed by atoms with van der Waals surface area (Å²) >= 11 is 0. The van der Waals surface area contributed by atoms with E-state index in [1.165, 1.54) is 0 Å². The number of amides is 1. The second-order valence-corrected chi connectivity index (χ2v) is 6.57. The monoisotopic (exact) mass is 389 g/mol. The van der Waals surface area contributed by atoms with Crippen molar-refractivity contribution < 1.29 is 4.79 Å². The number of aromatic nitrogens is 8. The van der Waals surface area contributed by atoms with Crippen LogP contribution in [-0.2, 0) is 18.3 Å². The van der Waals surface area contributed by atoms with Crippen LogP contribution in [0.25, 0.3) is 11.4 Å². The van der Waals surface area contributed by atoms with Crippen LogP contribution in [0.1, 0.15) is 17.4 Å². The number of tetrazole rings is 2. The van der Waals surface area contributed by atoms with Crippen molar-refractivity contribution in [2.24, 2.45) is 7.05 Å². The van der Waals surface area contributed by atoms with Gasteiger partial charge in [0.25, 0.3) is 0 Å². The molecular weight excluding hydrogens is 370 g/mol. The number of hydrogen-bond acceptors (Lipinski definition) is 7. The molecule has 4 aromatic rings. The van der Waals surface area contributed by atoms with E-state index in [1.807, 2.05) is 54.6 Å². The number of nitrogens with one attached hydrogen (secondary N) is 1. The number of nitrogens with zero attached hydrogens (tertiary/aromatic N) is 8. The minimum absolute atomic E-state index is 0.211. The Bertz CT molecular complexity index is 1120. The summed E-state index contributed by atoms with van der Waals surface area (Å²) in [5.74, 6) is 0.968. The van der Waals surface area contributed by atoms with Crippen molar-refractivity contribution in [2.75, 3.05) is 5.32 Å². The molecule has 1 amide bonds. The van der Waals surface area contributed by atoms with Gasteiger partial charge in [0.2, 0.25) is 5.91 Å². The number of carbonyl (C=O) groups excluding carboxylic acids is 1. The number of carbonyl (C=O) groups is 1. The van der Waals surface area contributed by atoms with E-state index in [9.17, 15) is 4.79 Å². The fraction of sp³-hybridized carbons (Fsp3) is 0.211. The van der Waals surface area contributed by atoms with Crippen LogP contribution in [0.5, 0.6) is 0 Å². The maximum absolute atomic E-state index is 13.2. The van der Waals surface area contributed by atoms with E-state index in [2.05, 4.69) is 36.4 Å². The van der Waals surface area contributed by atoms with Gasteiger partial charge in [-0.2, -0.15) is 0 Å². The molecule has 0 aliphatic carbocycles. The zero-order valence-corrected chi connectivity index (χ0v) is 16.0. The standard InChI is InChI=1S/C19H19N9O/c1-13-21-23-26-28(13)17(11-14-7-4-3-5-8-14)19(29)20-16-10-6-9-15(12-16)18-22-24-25-27(18)2/h3-10,12,17H,11H2,1-2H3,(H,20,29). The van der Waals surface area contributed by atoms with Crippen LogP contribution >= 0.6 is 0 Å². The third kappa shape index (κ3) is 4.00. The van der Waals surface area contributed by atoms with Crippen LogP contribution in [-0.4, -0.2) is 46.3 Å². The summed E-state index contributed by atoms with van der Waals surface area (Å²) < 4.78 is 3.11. The van der Waals surface area contributed by atoms with E-state index in [0.717, 1.165) is 11.1 Å². The molecule has 0 bridgehead atoms. The summed E-state index contributed by atoms with van der Waals surface area (Å²) in [4.78, 5) is 13.2. The minimum Gasteiger partial charge on any atom is -0.324 e. The highest BCUT2D eigenvalue weighted by Gasteiger charge is 2.24. The molecule has 2 heterocycles. The highest BCUT2D eigenvalue weighted by Crippen LogP contribution is 2.22. The normalized spacial score (nSPS) is 11.9. The molecule has 29 heavy (non-hydrogen) atoms. The molecule has 2 aromatic heterocycles. The first kappa shape index (κ1) is 18.4. The van der Waals surface area contributed by atoms with Gasteiger partial charge in [-0.1, -0.05) is 42.5 Å². The first-order valence-corrected chi connectivity index (χ1v) is 9.04. The Balaban J connectivity index is 1.60. The molecule has 1 N–H and O–H groups in total.